The van der Waals surface area contributed by atoms with Crippen molar-refractivity contribution in [2.75, 3.05) is 19.8 Å². The largest absolute Gasteiger partial charge is 0.462 e. The minimum absolute atomic E-state index is 0.00314. The summed E-state index contributed by atoms with van der Waals surface area (Å²) in [4.78, 5) is 54.6. The maximum atomic E-state index is 13.7. The van der Waals surface area contributed by atoms with Gasteiger partial charge in [0.1, 0.15) is 19.3 Å². The Kier molecular flexibility index (Phi) is 15.4. The van der Waals surface area contributed by atoms with E-state index in [0.717, 1.165) is 22.3 Å². The highest BCUT2D eigenvalue weighted by Crippen LogP contribution is 2.25. The zero-order valence-electron chi connectivity index (χ0n) is 28.8. The molecule has 4 atom stereocenters. The third-order valence-corrected chi connectivity index (χ3v) is 8.52. The molecule has 0 radical (unpaired) electrons. The molecule has 3 amide bonds. The molecule has 11 nitrogen and oxygen atoms in total. The maximum absolute atomic E-state index is 13.7. The summed E-state index contributed by atoms with van der Waals surface area (Å²) in [5.74, 6) is -2.21. The van der Waals surface area contributed by atoms with E-state index in [4.69, 9.17) is 14.2 Å². The first-order valence-corrected chi connectivity index (χ1v) is 17.1. The van der Waals surface area contributed by atoms with Crippen molar-refractivity contribution < 1.29 is 38.5 Å². The topological polar surface area (TPSA) is 144 Å². The molecule has 0 saturated carbocycles. The molecule has 3 aromatic carbocycles. The number of amides is 3. The lowest BCUT2D eigenvalue weighted by molar-refractivity contribution is -0.148. The first-order chi connectivity index (χ1) is 24.8. The van der Waals surface area contributed by atoms with Crippen molar-refractivity contribution in [3.05, 3.63) is 132 Å². The van der Waals surface area contributed by atoms with E-state index in [0.29, 0.717) is 13.0 Å². The number of esters is 1. The second-order valence-corrected chi connectivity index (χ2v) is 12.4. The number of rotatable bonds is 19. The monoisotopic (exact) mass is 697 g/mol. The predicted octanol–water partition coefficient (Wildman–Crippen LogP) is 4.63. The summed E-state index contributed by atoms with van der Waals surface area (Å²) < 4.78 is 16.8. The minimum Gasteiger partial charge on any atom is -0.462 e. The maximum Gasteiger partial charge on any atom is 0.408 e. The zero-order chi connectivity index (χ0) is 36.4. The molecule has 0 spiro atoms. The van der Waals surface area contributed by atoms with Crippen LogP contribution < -0.4 is 10.6 Å². The number of carbonyl (C=O) groups excluding carboxylic acids is 4. The van der Waals surface area contributed by atoms with Gasteiger partial charge in [-0.05, 0) is 41.5 Å². The summed E-state index contributed by atoms with van der Waals surface area (Å²) in [5, 5.41) is 15.5. The average molecular weight is 698 g/mol. The number of benzene rings is 3. The van der Waals surface area contributed by atoms with Crippen LogP contribution in [0.3, 0.4) is 0 Å². The number of aliphatic hydroxyl groups excluding tert-OH is 1. The lowest BCUT2D eigenvalue weighted by Gasteiger charge is -2.36. The van der Waals surface area contributed by atoms with Gasteiger partial charge >= 0.3 is 12.1 Å². The lowest BCUT2D eigenvalue weighted by atomic mass is 9.92. The third kappa shape index (κ3) is 12.2. The highest BCUT2D eigenvalue weighted by Gasteiger charge is 2.33. The summed E-state index contributed by atoms with van der Waals surface area (Å²) in [6, 6.07) is 24.1. The van der Waals surface area contributed by atoms with E-state index in [1.54, 1.807) is 11.0 Å². The first-order valence-electron chi connectivity index (χ1n) is 17.1. The van der Waals surface area contributed by atoms with Crippen LogP contribution in [-0.2, 0) is 54.8 Å². The summed E-state index contributed by atoms with van der Waals surface area (Å²) in [6.45, 7) is 7.61. The molecule has 0 aliphatic carbocycles. The highest BCUT2D eigenvalue weighted by molar-refractivity contribution is 5.86. The van der Waals surface area contributed by atoms with Crippen LogP contribution in [0.2, 0.25) is 0 Å². The second-order valence-electron chi connectivity index (χ2n) is 12.4. The molecule has 0 aromatic heterocycles. The number of ether oxygens (including phenoxy) is 3. The van der Waals surface area contributed by atoms with E-state index < -0.39 is 42.0 Å². The Morgan fingerprint density at radius 2 is 1.43 bits per heavy atom. The molecule has 0 saturated heterocycles. The Hall–Kier alpha value is -5.26. The van der Waals surface area contributed by atoms with E-state index in [1.165, 1.54) is 6.08 Å². The Balaban J connectivity index is 1.39. The summed E-state index contributed by atoms with van der Waals surface area (Å²) >= 11 is 0. The van der Waals surface area contributed by atoms with Crippen LogP contribution in [0.4, 0.5) is 4.79 Å². The number of alkyl carbamates (subject to hydrolysis) is 1. The van der Waals surface area contributed by atoms with Gasteiger partial charge in [0, 0.05) is 13.0 Å². The van der Waals surface area contributed by atoms with Crippen molar-refractivity contribution >= 4 is 23.9 Å². The van der Waals surface area contributed by atoms with Crippen LogP contribution in [0.5, 0.6) is 0 Å². The van der Waals surface area contributed by atoms with Gasteiger partial charge < -0.3 is 34.9 Å². The Bertz CT molecular complexity index is 1600. The average Bonchev–Trinajstić information content (AvgIpc) is 3.15. The Morgan fingerprint density at radius 3 is 2.08 bits per heavy atom. The first kappa shape index (κ1) is 38.5. The van der Waals surface area contributed by atoms with Gasteiger partial charge in [0.2, 0.25) is 11.8 Å². The van der Waals surface area contributed by atoms with Crippen LogP contribution in [0, 0.1) is 5.92 Å². The molecule has 11 heteroatoms. The van der Waals surface area contributed by atoms with E-state index in [1.807, 2.05) is 84.9 Å². The van der Waals surface area contributed by atoms with Gasteiger partial charge in [-0.15, -0.1) is 13.2 Å². The molecule has 0 fully saturated rings. The molecule has 1 aliphatic rings. The SMILES string of the molecule is C=CCC(CC(=O)N1Cc2ccccc2CC1CO)C(=O)NC(COCc1ccccc1)COC(=O)C(CC=C)NC(=O)OCc1ccccc1. The number of fused-ring (bicyclic) bond motifs is 1. The van der Waals surface area contributed by atoms with E-state index in [-0.39, 0.29) is 58.2 Å². The summed E-state index contributed by atoms with van der Waals surface area (Å²) in [7, 11) is 0. The van der Waals surface area contributed by atoms with Crippen LogP contribution in [-0.4, -0.2) is 71.8 Å². The Morgan fingerprint density at radius 1 is 0.804 bits per heavy atom. The molecule has 270 valence electrons. The number of aliphatic hydroxyl groups is 1. The molecule has 4 rings (SSSR count). The number of hydrogen-bond acceptors (Lipinski definition) is 8. The van der Waals surface area contributed by atoms with Crippen molar-refractivity contribution in [3.63, 3.8) is 0 Å². The van der Waals surface area contributed by atoms with Crippen molar-refractivity contribution in [2.45, 2.75) is 63.6 Å². The van der Waals surface area contributed by atoms with Gasteiger partial charge in [-0.25, -0.2) is 9.59 Å². The molecule has 4 unspecified atom stereocenters. The smallest absolute Gasteiger partial charge is 0.408 e. The molecule has 1 aliphatic heterocycles. The van der Waals surface area contributed by atoms with Gasteiger partial charge in [-0.3, -0.25) is 9.59 Å². The fourth-order valence-corrected chi connectivity index (χ4v) is 5.77. The van der Waals surface area contributed by atoms with Crippen molar-refractivity contribution in [1.82, 2.24) is 15.5 Å². The number of allylic oxidation sites excluding steroid dienone is 1. The van der Waals surface area contributed by atoms with E-state index in [2.05, 4.69) is 23.8 Å². The van der Waals surface area contributed by atoms with Gasteiger partial charge in [0.25, 0.3) is 0 Å². The Labute approximate surface area is 299 Å². The molecule has 51 heavy (non-hydrogen) atoms. The number of hydrogen-bond donors (Lipinski definition) is 3. The van der Waals surface area contributed by atoms with Crippen LogP contribution in [0.1, 0.15) is 41.5 Å². The van der Waals surface area contributed by atoms with E-state index >= 15 is 0 Å². The minimum atomic E-state index is -1.08. The van der Waals surface area contributed by atoms with Crippen LogP contribution in [0.15, 0.2) is 110 Å². The van der Waals surface area contributed by atoms with Crippen LogP contribution in [0.25, 0.3) is 0 Å². The lowest BCUT2D eigenvalue weighted by Crippen LogP contribution is -2.49. The van der Waals surface area contributed by atoms with Gasteiger partial charge in [-0.1, -0.05) is 97.1 Å². The summed E-state index contributed by atoms with van der Waals surface area (Å²) in [6.07, 6.45) is 2.98. The van der Waals surface area contributed by atoms with Crippen molar-refractivity contribution in [1.29, 1.82) is 0 Å². The fraction of sp³-hybridized carbons (Fsp3) is 0.350. The second kappa shape index (κ2) is 20.4. The van der Waals surface area contributed by atoms with Crippen molar-refractivity contribution in [3.8, 4) is 0 Å². The molecule has 3 N–H and O–H groups in total. The van der Waals surface area contributed by atoms with Crippen molar-refractivity contribution in [2.24, 2.45) is 5.92 Å². The quantitative estimate of drug-likeness (QED) is 0.122. The normalized spacial score (nSPS) is 15.3. The predicted molar refractivity (Wildman–Crippen MR) is 192 cm³/mol. The fourth-order valence-electron chi connectivity index (χ4n) is 5.77. The third-order valence-electron chi connectivity index (χ3n) is 8.52. The number of carbonyl (C=O) groups is 4. The molecular formula is C40H47N3O8. The molecule has 3 aromatic rings. The molecule has 0 bridgehead atoms. The van der Waals surface area contributed by atoms with Gasteiger partial charge in [0.05, 0.1) is 37.8 Å². The van der Waals surface area contributed by atoms with E-state index in [9.17, 15) is 24.3 Å². The zero-order valence-corrected chi connectivity index (χ0v) is 28.8. The standard InChI is InChI=1S/C40H47N3O8/c1-3-13-32(22-37(45)43-23-33-20-12-11-19-31(33)21-35(43)24-44)38(46)41-34(27-49-25-29-15-7-5-8-16-29)28-50-39(47)36(14-4-2)42-40(48)51-26-30-17-9-6-10-18-30/h3-12,15-20,32,34-36,44H,1-2,13-14,21-28H2,(H,41,46)(H,42,48). The number of nitrogens with one attached hydrogen (secondary N) is 2. The van der Waals surface area contributed by atoms with Crippen LogP contribution >= 0.6 is 0 Å². The van der Waals surface area contributed by atoms with Gasteiger partial charge in [0.15, 0.2) is 0 Å². The molecule has 1 heterocycles. The number of nitrogens with zero attached hydrogens (tertiary/aromatic N) is 1. The van der Waals surface area contributed by atoms with Gasteiger partial charge in [-0.2, -0.15) is 0 Å². The highest BCUT2D eigenvalue weighted by atomic mass is 16.6. The molecular weight excluding hydrogens is 650 g/mol. The summed E-state index contributed by atoms with van der Waals surface area (Å²) in [5.41, 5.74) is 3.80.